The van der Waals surface area contributed by atoms with Crippen LogP contribution in [0.25, 0.3) is 32.9 Å². The number of fused-ring (bicyclic) bond motifs is 2. The van der Waals surface area contributed by atoms with Crippen LogP contribution in [0.1, 0.15) is 16.1 Å². The highest BCUT2D eigenvalue weighted by Crippen LogP contribution is 2.27. The van der Waals surface area contributed by atoms with E-state index >= 15 is 0 Å². The molecule has 1 aliphatic heterocycles. The van der Waals surface area contributed by atoms with Gasteiger partial charge in [-0.3, -0.25) is 4.79 Å². The van der Waals surface area contributed by atoms with Crippen molar-refractivity contribution in [2.75, 3.05) is 43.4 Å². The van der Waals surface area contributed by atoms with Crippen LogP contribution in [0.3, 0.4) is 0 Å². The topological polar surface area (TPSA) is 90.0 Å². The molecule has 1 amide bonds. The molecule has 4 aromatic heterocycles. The van der Waals surface area contributed by atoms with Crippen molar-refractivity contribution < 1.29 is 4.79 Å². The molecule has 0 spiro atoms. The maximum atomic E-state index is 13.0. The number of likely N-dealkylation sites (N-methyl/N-ethyl adjacent to an activating group) is 1. The number of nitrogens with zero attached hydrogens (tertiary/aromatic N) is 5. The third-order valence-corrected chi connectivity index (χ3v) is 6.74. The number of carbonyl (C=O) groups excluding carboxylic acids is 1. The molecule has 1 aliphatic rings. The van der Waals surface area contributed by atoms with Crippen LogP contribution >= 0.6 is 0 Å². The van der Waals surface area contributed by atoms with E-state index in [0.29, 0.717) is 11.4 Å². The van der Waals surface area contributed by atoms with Gasteiger partial charge in [0.25, 0.3) is 5.91 Å². The summed E-state index contributed by atoms with van der Waals surface area (Å²) in [7, 11) is 2.12. The third-order valence-electron chi connectivity index (χ3n) is 6.74. The highest BCUT2D eigenvalue weighted by molar-refractivity contribution is 6.05. The second-order valence-electron chi connectivity index (χ2n) is 9.39. The van der Waals surface area contributed by atoms with Gasteiger partial charge in [-0.05, 0) is 61.3 Å². The molecule has 36 heavy (non-hydrogen) atoms. The van der Waals surface area contributed by atoms with Gasteiger partial charge >= 0.3 is 0 Å². The zero-order valence-corrected chi connectivity index (χ0v) is 20.3. The second kappa shape index (κ2) is 9.05. The van der Waals surface area contributed by atoms with Gasteiger partial charge < -0.3 is 20.1 Å². The molecule has 180 valence electrons. The Kier molecular flexibility index (Phi) is 5.58. The largest absolute Gasteiger partial charge is 0.354 e. The summed E-state index contributed by atoms with van der Waals surface area (Å²) in [6.07, 6.45) is 5.36. The monoisotopic (exact) mass is 477 g/mol. The molecule has 5 aromatic rings. The second-order valence-corrected chi connectivity index (χ2v) is 9.39. The number of H-pyrrole nitrogens is 1. The number of nitrogens with one attached hydrogen (secondary N) is 2. The van der Waals surface area contributed by atoms with Crippen LogP contribution in [-0.2, 0) is 0 Å². The number of pyridine rings is 3. The van der Waals surface area contributed by atoms with Crippen molar-refractivity contribution in [3.05, 3.63) is 78.4 Å². The summed E-state index contributed by atoms with van der Waals surface area (Å²) in [6.45, 7) is 5.79. The number of aromatic nitrogens is 4. The number of aryl methyl sites for hydroxylation is 1. The lowest BCUT2D eigenvalue weighted by Crippen LogP contribution is -2.44. The van der Waals surface area contributed by atoms with E-state index in [4.69, 9.17) is 0 Å². The van der Waals surface area contributed by atoms with E-state index in [1.807, 2.05) is 31.3 Å². The zero-order valence-electron chi connectivity index (χ0n) is 20.3. The van der Waals surface area contributed by atoms with Crippen molar-refractivity contribution >= 4 is 39.3 Å². The first-order chi connectivity index (χ1) is 17.5. The predicted octanol–water partition coefficient (Wildman–Crippen LogP) is 4.49. The molecule has 0 bridgehead atoms. The Bertz CT molecular complexity index is 1580. The van der Waals surface area contributed by atoms with Crippen LogP contribution in [0, 0.1) is 6.92 Å². The van der Waals surface area contributed by atoms with Crippen LogP contribution in [0.5, 0.6) is 0 Å². The lowest BCUT2D eigenvalue weighted by atomic mass is 10.0. The Hall–Kier alpha value is -4.30. The molecule has 2 N–H and O–H groups in total. The number of benzene rings is 1. The molecular weight excluding hydrogens is 450 g/mol. The van der Waals surface area contributed by atoms with Gasteiger partial charge in [0.1, 0.15) is 17.3 Å². The Morgan fingerprint density at radius 3 is 2.56 bits per heavy atom. The molecule has 5 heterocycles. The van der Waals surface area contributed by atoms with Gasteiger partial charge in [0.15, 0.2) is 0 Å². The predicted molar refractivity (Wildman–Crippen MR) is 143 cm³/mol. The van der Waals surface area contributed by atoms with Gasteiger partial charge in [-0.25, -0.2) is 15.0 Å². The van der Waals surface area contributed by atoms with Gasteiger partial charge in [-0.1, -0.05) is 12.1 Å². The minimum Gasteiger partial charge on any atom is -0.354 e. The number of carbonyl (C=O) groups is 1. The summed E-state index contributed by atoms with van der Waals surface area (Å²) in [6, 6.07) is 15.9. The van der Waals surface area contributed by atoms with Crippen molar-refractivity contribution in [2.45, 2.75) is 6.92 Å². The molecule has 0 aliphatic carbocycles. The Morgan fingerprint density at radius 1 is 0.861 bits per heavy atom. The highest BCUT2D eigenvalue weighted by atomic mass is 16.1. The molecule has 0 radical (unpaired) electrons. The van der Waals surface area contributed by atoms with E-state index in [2.05, 4.69) is 66.4 Å². The number of anilines is 2. The van der Waals surface area contributed by atoms with E-state index in [9.17, 15) is 4.79 Å². The van der Waals surface area contributed by atoms with Crippen molar-refractivity contribution in [3.8, 4) is 11.1 Å². The molecule has 1 saturated heterocycles. The first-order valence-electron chi connectivity index (χ1n) is 12.1. The molecule has 0 atom stereocenters. The fourth-order valence-electron chi connectivity index (χ4n) is 4.66. The average Bonchev–Trinajstić information content (AvgIpc) is 3.28. The van der Waals surface area contributed by atoms with Crippen molar-refractivity contribution in [2.24, 2.45) is 0 Å². The first-order valence-corrected chi connectivity index (χ1v) is 12.1. The first kappa shape index (κ1) is 22.2. The number of piperazine rings is 1. The molecule has 8 nitrogen and oxygen atoms in total. The Balaban J connectivity index is 1.24. The van der Waals surface area contributed by atoms with Gasteiger partial charge in [0, 0.05) is 72.4 Å². The molecule has 1 fully saturated rings. The lowest BCUT2D eigenvalue weighted by Gasteiger charge is -2.33. The minimum atomic E-state index is -0.201. The van der Waals surface area contributed by atoms with Gasteiger partial charge in [0.05, 0.1) is 0 Å². The van der Waals surface area contributed by atoms with Crippen LogP contribution < -0.4 is 10.2 Å². The third kappa shape index (κ3) is 4.38. The van der Waals surface area contributed by atoms with E-state index in [1.165, 1.54) is 0 Å². The maximum absolute atomic E-state index is 13.0. The van der Waals surface area contributed by atoms with E-state index in [0.717, 1.165) is 70.6 Å². The fraction of sp³-hybridized carbons (Fsp3) is 0.214. The fourth-order valence-corrected chi connectivity index (χ4v) is 4.66. The van der Waals surface area contributed by atoms with Gasteiger partial charge in [-0.2, -0.15) is 0 Å². The van der Waals surface area contributed by atoms with Crippen LogP contribution in [-0.4, -0.2) is 64.0 Å². The zero-order chi connectivity index (χ0) is 24.6. The SMILES string of the molecule is Cc1cc2cc(-c3ccc4cnc(NC(=O)c5ccnc(N6CCN(C)CC6)c5)cc4c3)cnc2[nH]1. The maximum Gasteiger partial charge on any atom is 0.257 e. The quantitative estimate of drug-likeness (QED) is 0.397. The van der Waals surface area contributed by atoms with Crippen molar-refractivity contribution in [1.82, 2.24) is 24.8 Å². The van der Waals surface area contributed by atoms with E-state index in [-0.39, 0.29) is 5.91 Å². The van der Waals surface area contributed by atoms with Crippen molar-refractivity contribution in [3.63, 3.8) is 0 Å². The lowest BCUT2D eigenvalue weighted by molar-refractivity contribution is 0.102. The summed E-state index contributed by atoms with van der Waals surface area (Å²) in [5, 5.41) is 6.04. The average molecular weight is 478 g/mol. The highest BCUT2D eigenvalue weighted by Gasteiger charge is 2.17. The van der Waals surface area contributed by atoms with Crippen molar-refractivity contribution in [1.29, 1.82) is 0 Å². The number of amides is 1. The molecular formula is C28H27N7O. The summed E-state index contributed by atoms with van der Waals surface area (Å²) in [5.41, 5.74) is 4.64. The molecule has 6 rings (SSSR count). The number of rotatable bonds is 4. The molecule has 0 unspecified atom stereocenters. The van der Waals surface area contributed by atoms with E-state index in [1.54, 1.807) is 18.5 Å². The van der Waals surface area contributed by atoms with Gasteiger partial charge in [-0.15, -0.1) is 0 Å². The smallest absolute Gasteiger partial charge is 0.257 e. The molecule has 0 saturated carbocycles. The molecule has 8 heteroatoms. The van der Waals surface area contributed by atoms with Gasteiger partial charge in [0.2, 0.25) is 0 Å². The van der Waals surface area contributed by atoms with E-state index < -0.39 is 0 Å². The van der Waals surface area contributed by atoms with Crippen LogP contribution in [0.2, 0.25) is 0 Å². The number of hydrogen-bond donors (Lipinski definition) is 2. The van der Waals surface area contributed by atoms with Crippen LogP contribution in [0.4, 0.5) is 11.6 Å². The summed E-state index contributed by atoms with van der Waals surface area (Å²) in [4.78, 5) is 34.3. The number of aromatic amines is 1. The summed E-state index contributed by atoms with van der Waals surface area (Å²) in [5.74, 6) is 1.14. The van der Waals surface area contributed by atoms with Crippen LogP contribution in [0.15, 0.2) is 67.1 Å². The normalized spacial score (nSPS) is 14.4. The Morgan fingerprint density at radius 2 is 1.69 bits per heavy atom. The Labute approximate surface area is 209 Å². The number of hydrogen-bond acceptors (Lipinski definition) is 6. The summed E-state index contributed by atoms with van der Waals surface area (Å²) >= 11 is 0. The standard InChI is InChI=1S/C28H27N7O/c1-18-11-23-13-24(17-31-27(23)32-18)19-3-4-21-16-30-25(14-22(21)12-19)33-28(36)20-5-6-29-26(15-20)35-9-7-34(2)8-10-35/h3-6,11-17H,7-10H2,1-2H3,(H,31,32)(H,30,33,36). The minimum absolute atomic E-state index is 0.201. The summed E-state index contributed by atoms with van der Waals surface area (Å²) < 4.78 is 0. The molecule has 1 aromatic carbocycles.